The molecule has 1 aromatic heterocycles. The Kier molecular flexibility index (Phi) is 3.69. The minimum Gasteiger partial charge on any atom is -0.481 e. The number of carboxylic acid groups (broad SMARTS) is 1. The minimum atomic E-state index is -0.840. The molecule has 4 nitrogen and oxygen atoms in total. The van der Waals surface area contributed by atoms with Crippen LogP contribution in [-0.2, 0) is 18.3 Å². The van der Waals surface area contributed by atoms with Gasteiger partial charge in [0.25, 0.3) is 0 Å². The predicted molar refractivity (Wildman–Crippen MR) is 74.1 cm³/mol. The molecule has 0 unspecified atom stereocenters. The molecule has 2 aromatic rings. The van der Waals surface area contributed by atoms with Crippen LogP contribution in [0.2, 0.25) is 0 Å². The Labute approximate surface area is 112 Å². The van der Waals surface area contributed by atoms with Gasteiger partial charge in [-0.1, -0.05) is 38.1 Å². The van der Waals surface area contributed by atoms with Crippen molar-refractivity contribution in [2.24, 2.45) is 7.05 Å². The predicted octanol–water partition coefficient (Wildman–Crippen LogP) is 2.84. The molecule has 0 atom stereocenters. The van der Waals surface area contributed by atoms with Crippen molar-refractivity contribution < 1.29 is 9.90 Å². The van der Waals surface area contributed by atoms with E-state index in [9.17, 15) is 4.79 Å². The van der Waals surface area contributed by atoms with Crippen LogP contribution in [0.25, 0.3) is 11.3 Å². The van der Waals surface area contributed by atoms with Gasteiger partial charge in [-0.3, -0.25) is 9.48 Å². The molecule has 0 aliphatic rings. The fraction of sp³-hybridized carbons (Fsp3) is 0.333. The van der Waals surface area contributed by atoms with E-state index in [2.05, 4.69) is 31.1 Å². The molecule has 0 aliphatic heterocycles. The van der Waals surface area contributed by atoms with Gasteiger partial charge in [0.1, 0.15) is 0 Å². The van der Waals surface area contributed by atoms with E-state index >= 15 is 0 Å². The highest BCUT2D eigenvalue weighted by Crippen LogP contribution is 2.24. The molecule has 0 amide bonds. The molecule has 0 radical (unpaired) electrons. The Morgan fingerprint density at radius 2 is 1.95 bits per heavy atom. The quantitative estimate of drug-likeness (QED) is 0.917. The van der Waals surface area contributed by atoms with E-state index in [0.717, 1.165) is 16.8 Å². The SMILES string of the molecule is CC(C)c1ccc(-c2nn(C)cc2CC(=O)O)cc1. The van der Waals surface area contributed by atoms with Gasteiger partial charge >= 0.3 is 5.97 Å². The molecule has 0 saturated heterocycles. The monoisotopic (exact) mass is 258 g/mol. The molecule has 0 aliphatic carbocycles. The fourth-order valence-corrected chi connectivity index (χ4v) is 2.10. The topological polar surface area (TPSA) is 55.1 Å². The normalized spacial score (nSPS) is 10.9. The van der Waals surface area contributed by atoms with Gasteiger partial charge in [-0.2, -0.15) is 5.10 Å². The van der Waals surface area contributed by atoms with Crippen molar-refractivity contribution in [3.8, 4) is 11.3 Å². The number of benzene rings is 1. The van der Waals surface area contributed by atoms with E-state index in [1.807, 2.05) is 12.1 Å². The van der Waals surface area contributed by atoms with E-state index < -0.39 is 5.97 Å². The summed E-state index contributed by atoms with van der Waals surface area (Å²) >= 11 is 0. The third-order valence-electron chi connectivity index (χ3n) is 3.10. The van der Waals surface area contributed by atoms with E-state index in [1.165, 1.54) is 5.56 Å². The van der Waals surface area contributed by atoms with Crippen molar-refractivity contribution in [1.82, 2.24) is 9.78 Å². The number of nitrogens with zero attached hydrogens (tertiary/aromatic N) is 2. The lowest BCUT2D eigenvalue weighted by atomic mass is 9.99. The van der Waals surface area contributed by atoms with Crippen LogP contribution >= 0.6 is 0 Å². The maximum Gasteiger partial charge on any atom is 0.307 e. The molecule has 19 heavy (non-hydrogen) atoms. The van der Waals surface area contributed by atoms with Crippen LogP contribution in [0, 0.1) is 0 Å². The zero-order valence-electron chi connectivity index (χ0n) is 11.4. The second-order valence-electron chi connectivity index (χ2n) is 5.02. The average Bonchev–Trinajstić information content (AvgIpc) is 2.69. The zero-order chi connectivity index (χ0) is 14.0. The molecule has 0 fully saturated rings. The molecule has 1 heterocycles. The van der Waals surface area contributed by atoms with Crippen LogP contribution in [0.3, 0.4) is 0 Å². The number of carbonyl (C=O) groups is 1. The smallest absolute Gasteiger partial charge is 0.307 e. The number of rotatable bonds is 4. The Balaban J connectivity index is 2.38. The Morgan fingerprint density at radius 1 is 1.32 bits per heavy atom. The molecule has 1 aromatic carbocycles. The summed E-state index contributed by atoms with van der Waals surface area (Å²) in [4.78, 5) is 10.9. The summed E-state index contributed by atoms with van der Waals surface area (Å²) in [5, 5.41) is 13.3. The summed E-state index contributed by atoms with van der Waals surface area (Å²) in [6, 6.07) is 8.14. The number of carboxylic acids is 1. The maximum absolute atomic E-state index is 10.9. The van der Waals surface area contributed by atoms with Crippen molar-refractivity contribution in [3.05, 3.63) is 41.6 Å². The lowest BCUT2D eigenvalue weighted by Gasteiger charge is -2.06. The van der Waals surface area contributed by atoms with Crippen LogP contribution in [0.4, 0.5) is 0 Å². The number of aromatic nitrogens is 2. The summed E-state index contributed by atoms with van der Waals surface area (Å²) in [6.45, 7) is 4.29. The van der Waals surface area contributed by atoms with Gasteiger partial charge < -0.3 is 5.11 Å². The molecule has 100 valence electrons. The highest BCUT2D eigenvalue weighted by Gasteiger charge is 2.13. The van der Waals surface area contributed by atoms with Crippen LogP contribution < -0.4 is 0 Å². The first-order valence-corrected chi connectivity index (χ1v) is 6.32. The van der Waals surface area contributed by atoms with Gasteiger partial charge in [-0.05, 0) is 11.5 Å². The third kappa shape index (κ3) is 3.02. The van der Waals surface area contributed by atoms with E-state index in [1.54, 1.807) is 17.9 Å². The number of hydrogen-bond donors (Lipinski definition) is 1. The molecule has 1 N–H and O–H groups in total. The van der Waals surface area contributed by atoms with Crippen molar-refractivity contribution in [2.75, 3.05) is 0 Å². The van der Waals surface area contributed by atoms with Crippen molar-refractivity contribution in [3.63, 3.8) is 0 Å². The second kappa shape index (κ2) is 5.26. The second-order valence-corrected chi connectivity index (χ2v) is 5.02. The first-order valence-electron chi connectivity index (χ1n) is 6.32. The lowest BCUT2D eigenvalue weighted by Crippen LogP contribution is -2.00. The van der Waals surface area contributed by atoms with Crippen LogP contribution in [-0.4, -0.2) is 20.9 Å². The van der Waals surface area contributed by atoms with E-state index in [4.69, 9.17) is 5.11 Å². The van der Waals surface area contributed by atoms with Crippen LogP contribution in [0.15, 0.2) is 30.5 Å². The molecular weight excluding hydrogens is 240 g/mol. The summed E-state index contributed by atoms with van der Waals surface area (Å²) in [5.74, 6) is -0.357. The summed E-state index contributed by atoms with van der Waals surface area (Å²) in [6.07, 6.45) is 1.76. The highest BCUT2D eigenvalue weighted by molar-refractivity contribution is 5.74. The number of hydrogen-bond acceptors (Lipinski definition) is 2. The number of aryl methyl sites for hydroxylation is 1. The molecular formula is C15H18N2O2. The van der Waals surface area contributed by atoms with Gasteiger partial charge in [0.05, 0.1) is 12.1 Å². The van der Waals surface area contributed by atoms with Gasteiger partial charge in [-0.15, -0.1) is 0 Å². The van der Waals surface area contributed by atoms with Crippen molar-refractivity contribution >= 4 is 5.97 Å². The molecule has 0 saturated carbocycles. The maximum atomic E-state index is 10.9. The zero-order valence-corrected chi connectivity index (χ0v) is 11.4. The molecule has 4 heteroatoms. The van der Waals surface area contributed by atoms with Crippen LogP contribution in [0.5, 0.6) is 0 Å². The number of aliphatic carboxylic acids is 1. The van der Waals surface area contributed by atoms with Gasteiger partial charge in [0, 0.05) is 24.4 Å². The largest absolute Gasteiger partial charge is 0.481 e. The first kappa shape index (κ1) is 13.3. The van der Waals surface area contributed by atoms with E-state index in [-0.39, 0.29) is 6.42 Å². The van der Waals surface area contributed by atoms with Crippen molar-refractivity contribution in [1.29, 1.82) is 0 Å². The Bertz CT molecular complexity index is 583. The highest BCUT2D eigenvalue weighted by atomic mass is 16.4. The summed E-state index contributed by atoms with van der Waals surface area (Å²) in [5.41, 5.74) is 3.72. The lowest BCUT2D eigenvalue weighted by molar-refractivity contribution is -0.136. The Hall–Kier alpha value is -2.10. The van der Waals surface area contributed by atoms with Crippen LogP contribution in [0.1, 0.15) is 30.9 Å². The average molecular weight is 258 g/mol. The first-order chi connectivity index (χ1) is 8.97. The van der Waals surface area contributed by atoms with Gasteiger partial charge in [0.2, 0.25) is 0 Å². The minimum absolute atomic E-state index is 0.00486. The van der Waals surface area contributed by atoms with E-state index in [0.29, 0.717) is 5.92 Å². The standard InChI is InChI=1S/C15H18N2O2/c1-10(2)11-4-6-12(7-5-11)15-13(8-14(18)19)9-17(3)16-15/h4-7,9-10H,8H2,1-3H3,(H,18,19). The molecule has 0 bridgehead atoms. The third-order valence-corrected chi connectivity index (χ3v) is 3.10. The van der Waals surface area contributed by atoms with Gasteiger partial charge in [0.15, 0.2) is 0 Å². The molecule has 2 rings (SSSR count). The summed E-state index contributed by atoms with van der Waals surface area (Å²) < 4.78 is 1.66. The van der Waals surface area contributed by atoms with Crippen molar-refractivity contribution in [2.45, 2.75) is 26.2 Å². The fourth-order valence-electron chi connectivity index (χ4n) is 2.10. The summed E-state index contributed by atoms with van der Waals surface area (Å²) in [7, 11) is 1.80. The van der Waals surface area contributed by atoms with Gasteiger partial charge in [-0.25, -0.2) is 0 Å². The Morgan fingerprint density at radius 3 is 2.47 bits per heavy atom. The molecule has 0 spiro atoms.